The number of hydrogen-bond donors (Lipinski definition) is 3. The van der Waals surface area contributed by atoms with Crippen molar-refractivity contribution in [1.82, 2.24) is 10.6 Å². The Balaban J connectivity index is 1.69. The van der Waals surface area contributed by atoms with E-state index in [1.54, 1.807) is 20.8 Å². The van der Waals surface area contributed by atoms with Crippen LogP contribution >= 0.6 is 0 Å². The number of carbonyl (C=O) groups excluding carboxylic acids is 2. The van der Waals surface area contributed by atoms with Crippen molar-refractivity contribution in [2.24, 2.45) is 11.3 Å². The zero-order valence-corrected chi connectivity index (χ0v) is 20.4. The molecular weight excluding hydrogens is 432 g/mol. The van der Waals surface area contributed by atoms with Crippen molar-refractivity contribution in [2.45, 2.75) is 59.0 Å². The number of amides is 2. The first-order valence-corrected chi connectivity index (χ1v) is 11.6. The Hall–Kier alpha value is -3.35. The zero-order chi connectivity index (χ0) is 25.0. The summed E-state index contributed by atoms with van der Waals surface area (Å²) in [5, 5.41) is 14.8. The fourth-order valence-corrected chi connectivity index (χ4v) is 4.38. The summed E-state index contributed by atoms with van der Waals surface area (Å²) in [6.45, 7) is 9.21. The molecule has 0 saturated heterocycles. The van der Waals surface area contributed by atoms with Crippen LogP contribution in [0.2, 0.25) is 0 Å². The third-order valence-corrected chi connectivity index (χ3v) is 6.06. The Bertz CT molecular complexity index is 1010. The van der Waals surface area contributed by atoms with Crippen LogP contribution in [-0.2, 0) is 14.3 Å². The minimum atomic E-state index is -1.12. The first-order chi connectivity index (χ1) is 16.0. The van der Waals surface area contributed by atoms with Crippen molar-refractivity contribution >= 4 is 18.0 Å². The predicted octanol–water partition coefficient (Wildman–Crippen LogP) is 4.56. The van der Waals surface area contributed by atoms with E-state index in [1.165, 1.54) is 0 Å². The van der Waals surface area contributed by atoms with Gasteiger partial charge in [0.2, 0.25) is 5.91 Å². The lowest BCUT2D eigenvalue weighted by Crippen LogP contribution is -2.55. The Morgan fingerprint density at radius 2 is 1.47 bits per heavy atom. The average molecular weight is 467 g/mol. The Labute approximate surface area is 200 Å². The number of alkyl carbamates (subject to hydrolysis) is 1. The van der Waals surface area contributed by atoms with Crippen LogP contribution < -0.4 is 10.6 Å². The number of fused-ring (bicyclic) bond motifs is 3. The molecule has 0 spiro atoms. The van der Waals surface area contributed by atoms with Crippen molar-refractivity contribution in [1.29, 1.82) is 0 Å². The number of carboxylic acid groups (broad SMARTS) is 1. The van der Waals surface area contributed by atoms with Gasteiger partial charge in [0.25, 0.3) is 0 Å². The van der Waals surface area contributed by atoms with Gasteiger partial charge in [-0.05, 0) is 40.0 Å². The Morgan fingerprint density at radius 1 is 0.941 bits per heavy atom. The number of carboxylic acids is 1. The van der Waals surface area contributed by atoms with Crippen LogP contribution in [-0.4, -0.2) is 41.8 Å². The number of benzene rings is 2. The number of aliphatic carboxylic acids is 1. The fourth-order valence-electron chi connectivity index (χ4n) is 4.38. The second kappa shape index (κ2) is 10.3. The fraction of sp³-hybridized carbons (Fsp3) is 0.444. The molecular formula is C27H34N2O5. The molecule has 182 valence electrons. The van der Waals surface area contributed by atoms with E-state index in [1.807, 2.05) is 50.2 Å². The van der Waals surface area contributed by atoms with Gasteiger partial charge in [-0.1, -0.05) is 83.1 Å². The highest BCUT2D eigenvalue weighted by Gasteiger charge is 2.35. The maximum Gasteiger partial charge on any atom is 0.407 e. The van der Waals surface area contributed by atoms with Gasteiger partial charge in [-0.25, -0.2) is 9.59 Å². The van der Waals surface area contributed by atoms with E-state index in [2.05, 4.69) is 22.8 Å². The highest BCUT2D eigenvalue weighted by atomic mass is 16.5. The molecule has 0 bridgehead atoms. The predicted molar refractivity (Wildman–Crippen MR) is 130 cm³/mol. The standard InChI is InChI=1S/C27H34N2O5/c1-16(2)14-22(24(30)29-23(25(31)32)27(3,4)5)28-26(33)34-15-21-19-12-8-6-10-17(19)18-11-7-9-13-20(18)21/h6-13,16,21-23H,14-15H2,1-5H3,(H,28,33)(H,29,30)(H,31,32)/t22-,23+/m1/s1. The van der Waals surface area contributed by atoms with E-state index < -0.39 is 35.5 Å². The van der Waals surface area contributed by atoms with Gasteiger partial charge < -0.3 is 20.5 Å². The van der Waals surface area contributed by atoms with Crippen LogP contribution in [0.5, 0.6) is 0 Å². The molecule has 7 heteroatoms. The smallest absolute Gasteiger partial charge is 0.407 e. The largest absolute Gasteiger partial charge is 0.480 e. The number of ether oxygens (including phenoxy) is 1. The van der Waals surface area contributed by atoms with Crippen LogP contribution in [0.15, 0.2) is 48.5 Å². The SMILES string of the molecule is CC(C)C[C@@H](NC(=O)OCC1c2ccccc2-c2ccccc21)C(=O)N[C@@H](C(=O)O)C(C)(C)C. The van der Waals surface area contributed by atoms with E-state index >= 15 is 0 Å². The van der Waals surface area contributed by atoms with Gasteiger partial charge in [0.1, 0.15) is 18.7 Å². The highest BCUT2D eigenvalue weighted by molar-refractivity contribution is 5.89. The maximum absolute atomic E-state index is 12.9. The van der Waals surface area contributed by atoms with Crippen LogP contribution in [0.4, 0.5) is 4.79 Å². The molecule has 0 aromatic heterocycles. The quantitative estimate of drug-likeness (QED) is 0.529. The number of hydrogen-bond acceptors (Lipinski definition) is 4. The van der Waals surface area contributed by atoms with E-state index in [4.69, 9.17) is 4.74 Å². The van der Waals surface area contributed by atoms with Crippen LogP contribution in [0.25, 0.3) is 11.1 Å². The van der Waals surface area contributed by atoms with Crippen molar-refractivity contribution < 1.29 is 24.2 Å². The van der Waals surface area contributed by atoms with E-state index in [-0.39, 0.29) is 18.4 Å². The van der Waals surface area contributed by atoms with E-state index in [0.717, 1.165) is 22.3 Å². The molecule has 3 N–H and O–H groups in total. The van der Waals surface area contributed by atoms with Gasteiger partial charge in [0.05, 0.1) is 0 Å². The number of carbonyl (C=O) groups is 3. The third kappa shape index (κ3) is 5.76. The first kappa shape index (κ1) is 25.3. The molecule has 0 radical (unpaired) electrons. The number of nitrogens with one attached hydrogen (secondary N) is 2. The lowest BCUT2D eigenvalue weighted by atomic mass is 9.86. The minimum absolute atomic E-state index is 0.0900. The number of rotatable bonds is 8. The van der Waals surface area contributed by atoms with Gasteiger partial charge >= 0.3 is 12.1 Å². The van der Waals surface area contributed by atoms with Crippen LogP contribution in [0, 0.1) is 11.3 Å². The molecule has 34 heavy (non-hydrogen) atoms. The summed E-state index contributed by atoms with van der Waals surface area (Å²) in [5.74, 6) is -1.65. The van der Waals surface area contributed by atoms with Gasteiger partial charge in [-0.15, -0.1) is 0 Å². The summed E-state index contributed by atoms with van der Waals surface area (Å²) in [6, 6.07) is 14.1. The highest BCUT2D eigenvalue weighted by Crippen LogP contribution is 2.44. The van der Waals surface area contributed by atoms with Crippen molar-refractivity contribution in [3.8, 4) is 11.1 Å². The molecule has 1 aliphatic rings. The lowest BCUT2D eigenvalue weighted by Gasteiger charge is -2.30. The molecule has 2 amide bonds. The molecule has 0 saturated carbocycles. The molecule has 2 atom stereocenters. The third-order valence-electron chi connectivity index (χ3n) is 6.06. The van der Waals surface area contributed by atoms with Crippen LogP contribution in [0.1, 0.15) is 58.1 Å². The summed E-state index contributed by atoms with van der Waals surface area (Å²) in [6.07, 6.45) is -0.350. The second-order valence-corrected chi connectivity index (χ2v) is 10.3. The Kier molecular flexibility index (Phi) is 7.64. The molecule has 7 nitrogen and oxygen atoms in total. The van der Waals surface area contributed by atoms with E-state index in [9.17, 15) is 19.5 Å². The molecule has 1 aliphatic carbocycles. The molecule has 0 heterocycles. The van der Waals surface area contributed by atoms with Crippen molar-refractivity contribution in [3.05, 3.63) is 59.7 Å². The monoisotopic (exact) mass is 466 g/mol. The zero-order valence-electron chi connectivity index (χ0n) is 20.4. The van der Waals surface area contributed by atoms with Gasteiger partial charge in [0.15, 0.2) is 0 Å². The van der Waals surface area contributed by atoms with Gasteiger partial charge in [-0.3, -0.25) is 4.79 Å². The maximum atomic E-state index is 12.9. The molecule has 0 fully saturated rings. The normalized spacial score (nSPS) is 14.6. The molecule has 0 aliphatic heterocycles. The topological polar surface area (TPSA) is 105 Å². The van der Waals surface area contributed by atoms with E-state index in [0.29, 0.717) is 6.42 Å². The summed E-state index contributed by atoms with van der Waals surface area (Å²) >= 11 is 0. The van der Waals surface area contributed by atoms with Crippen LogP contribution in [0.3, 0.4) is 0 Å². The first-order valence-electron chi connectivity index (χ1n) is 11.6. The lowest BCUT2D eigenvalue weighted by molar-refractivity contribution is -0.145. The summed E-state index contributed by atoms with van der Waals surface area (Å²) < 4.78 is 5.58. The molecule has 2 aromatic rings. The summed E-state index contributed by atoms with van der Waals surface area (Å²) in [4.78, 5) is 37.3. The average Bonchev–Trinajstić information content (AvgIpc) is 3.08. The van der Waals surface area contributed by atoms with Gasteiger partial charge in [0, 0.05) is 5.92 Å². The minimum Gasteiger partial charge on any atom is -0.480 e. The molecule has 3 rings (SSSR count). The van der Waals surface area contributed by atoms with Crippen molar-refractivity contribution in [2.75, 3.05) is 6.61 Å². The second-order valence-electron chi connectivity index (χ2n) is 10.3. The summed E-state index contributed by atoms with van der Waals surface area (Å²) in [7, 11) is 0. The van der Waals surface area contributed by atoms with Gasteiger partial charge in [-0.2, -0.15) is 0 Å². The van der Waals surface area contributed by atoms with Crippen molar-refractivity contribution in [3.63, 3.8) is 0 Å². The molecule has 2 aromatic carbocycles. The molecule has 0 unspecified atom stereocenters. The summed E-state index contributed by atoms with van der Waals surface area (Å²) in [5.41, 5.74) is 3.77. The Morgan fingerprint density at radius 3 is 1.94 bits per heavy atom.